The molecule has 0 unspecified atom stereocenters. The predicted molar refractivity (Wildman–Crippen MR) is 97.5 cm³/mol. The lowest BCUT2D eigenvalue weighted by molar-refractivity contribution is -0.134. The molecule has 0 radical (unpaired) electrons. The normalized spacial score (nSPS) is 11.5. The van der Waals surface area contributed by atoms with E-state index in [4.69, 9.17) is 4.74 Å². The van der Waals surface area contributed by atoms with Crippen molar-refractivity contribution in [2.45, 2.75) is 18.9 Å². The number of benzene rings is 2. The second kappa shape index (κ2) is 8.87. The van der Waals surface area contributed by atoms with Crippen LogP contribution >= 0.6 is 0 Å². The zero-order valence-corrected chi connectivity index (χ0v) is 14.9. The smallest absolute Gasteiger partial charge is 0.244 e. The van der Waals surface area contributed by atoms with Crippen molar-refractivity contribution in [3.8, 4) is 5.75 Å². The average Bonchev–Trinajstić information content (AvgIpc) is 2.62. The highest BCUT2D eigenvalue weighted by Crippen LogP contribution is 2.12. The van der Waals surface area contributed by atoms with Gasteiger partial charge in [0.15, 0.2) is 0 Å². The summed E-state index contributed by atoms with van der Waals surface area (Å²) >= 11 is 0. The molecule has 1 atom stereocenters. The molecule has 0 spiro atoms. The lowest BCUT2D eigenvalue weighted by Gasteiger charge is -2.22. The number of carbonyl (C=O) groups is 2. The Labute approximate surface area is 148 Å². The summed E-state index contributed by atoms with van der Waals surface area (Å²) in [5.41, 5.74) is 1.88. The van der Waals surface area contributed by atoms with Gasteiger partial charge >= 0.3 is 0 Å². The number of methoxy groups -OCH3 is 1. The van der Waals surface area contributed by atoms with E-state index in [1.165, 1.54) is 4.90 Å². The summed E-state index contributed by atoms with van der Waals surface area (Å²) in [7, 11) is 4.98. The van der Waals surface area contributed by atoms with E-state index >= 15 is 0 Å². The van der Waals surface area contributed by atoms with E-state index in [2.05, 4.69) is 5.32 Å². The van der Waals surface area contributed by atoms with Crippen LogP contribution in [0.15, 0.2) is 54.6 Å². The Morgan fingerprint density at radius 3 is 2.20 bits per heavy atom. The van der Waals surface area contributed by atoms with Crippen LogP contribution < -0.4 is 10.1 Å². The van der Waals surface area contributed by atoms with Gasteiger partial charge in [-0.25, -0.2) is 0 Å². The minimum Gasteiger partial charge on any atom is -0.497 e. The molecule has 0 fully saturated rings. The highest BCUT2D eigenvalue weighted by atomic mass is 16.5. The fourth-order valence-corrected chi connectivity index (χ4v) is 2.54. The van der Waals surface area contributed by atoms with Crippen molar-refractivity contribution in [1.29, 1.82) is 0 Å². The molecule has 0 saturated heterocycles. The van der Waals surface area contributed by atoms with E-state index in [0.717, 1.165) is 16.9 Å². The topological polar surface area (TPSA) is 58.6 Å². The van der Waals surface area contributed by atoms with Crippen LogP contribution in [0, 0.1) is 0 Å². The molecule has 2 aromatic rings. The first kappa shape index (κ1) is 18.5. The van der Waals surface area contributed by atoms with E-state index in [0.29, 0.717) is 6.42 Å². The van der Waals surface area contributed by atoms with E-state index < -0.39 is 6.04 Å². The van der Waals surface area contributed by atoms with Crippen molar-refractivity contribution in [3.05, 3.63) is 65.7 Å². The molecule has 0 aliphatic carbocycles. The fraction of sp³-hybridized carbons (Fsp3) is 0.300. The van der Waals surface area contributed by atoms with E-state index in [-0.39, 0.29) is 18.2 Å². The molecule has 1 N–H and O–H groups in total. The Bertz CT molecular complexity index is 697. The summed E-state index contributed by atoms with van der Waals surface area (Å²) in [6.07, 6.45) is 0.683. The van der Waals surface area contributed by atoms with Crippen LogP contribution in [0.4, 0.5) is 0 Å². The van der Waals surface area contributed by atoms with Crippen LogP contribution in [0.5, 0.6) is 5.75 Å². The minimum atomic E-state index is -0.580. The largest absolute Gasteiger partial charge is 0.497 e. The van der Waals surface area contributed by atoms with E-state index in [1.54, 1.807) is 21.2 Å². The summed E-state index contributed by atoms with van der Waals surface area (Å²) in [5.74, 6) is 0.446. The zero-order valence-electron chi connectivity index (χ0n) is 14.9. The Hall–Kier alpha value is -2.82. The van der Waals surface area contributed by atoms with Crippen LogP contribution in [0.25, 0.3) is 0 Å². The van der Waals surface area contributed by atoms with Crippen molar-refractivity contribution < 1.29 is 14.3 Å². The number of amides is 2. The molecule has 0 saturated carbocycles. The number of hydrogen-bond acceptors (Lipinski definition) is 3. The van der Waals surface area contributed by atoms with E-state index in [9.17, 15) is 9.59 Å². The maximum Gasteiger partial charge on any atom is 0.244 e. The van der Waals surface area contributed by atoms with Gasteiger partial charge in [-0.05, 0) is 23.3 Å². The van der Waals surface area contributed by atoms with Crippen LogP contribution in [0.1, 0.15) is 11.1 Å². The summed E-state index contributed by atoms with van der Waals surface area (Å²) < 4.78 is 5.11. The molecule has 2 rings (SSSR count). The van der Waals surface area contributed by atoms with Gasteiger partial charge in [-0.3, -0.25) is 9.59 Å². The van der Waals surface area contributed by atoms with Crippen molar-refractivity contribution in [2.75, 3.05) is 21.2 Å². The summed E-state index contributed by atoms with van der Waals surface area (Å²) in [5, 5.41) is 2.86. The molecule has 5 nitrogen and oxygen atoms in total. The molecule has 2 amide bonds. The third-order valence-electron chi connectivity index (χ3n) is 3.88. The third-order valence-corrected chi connectivity index (χ3v) is 3.88. The first-order valence-electron chi connectivity index (χ1n) is 8.17. The summed E-state index contributed by atoms with van der Waals surface area (Å²) in [6.45, 7) is 0. The van der Waals surface area contributed by atoms with Gasteiger partial charge in [-0.15, -0.1) is 0 Å². The average molecular weight is 340 g/mol. The SMILES string of the molecule is COc1ccc(CC(=O)N[C@H](Cc2ccccc2)C(=O)N(C)C)cc1. The van der Waals surface area contributed by atoms with Crippen molar-refractivity contribution in [1.82, 2.24) is 10.2 Å². The first-order valence-corrected chi connectivity index (χ1v) is 8.17. The number of ether oxygens (including phenoxy) is 1. The minimum absolute atomic E-state index is 0.119. The number of hydrogen-bond donors (Lipinski definition) is 1. The van der Waals surface area contributed by atoms with Crippen molar-refractivity contribution >= 4 is 11.8 Å². The molecule has 0 bridgehead atoms. The number of nitrogens with one attached hydrogen (secondary N) is 1. The van der Waals surface area contributed by atoms with E-state index in [1.807, 2.05) is 54.6 Å². The number of likely N-dealkylation sites (N-methyl/N-ethyl adjacent to an activating group) is 1. The molecule has 0 aliphatic heterocycles. The molecule has 132 valence electrons. The lowest BCUT2D eigenvalue weighted by atomic mass is 10.0. The van der Waals surface area contributed by atoms with Crippen molar-refractivity contribution in [3.63, 3.8) is 0 Å². The molecular weight excluding hydrogens is 316 g/mol. The third kappa shape index (κ3) is 5.64. The van der Waals surface area contributed by atoms with Gasteiger partial charge in [-0.2, -0.15) is 0 Å². The quantitative estimate of drug-likeness (QED) is 0.839. The van der Waals surface area contributed by atoms with Gasteiger partial charge in [0.25, 0.3) is 0 Å². The molecule has 0 aromatic heterocycles. The molecule has 0 aliphatic rings. The highest BCUT2D eigenvalue weighted by Gasteiger charge is 2.22. The van der Waals surface area contributed by atoms with Crippen molar-refractivity contribution in [2.24, 2.45) is 0 Å². The molecule has 2 aromatic carbocycles. The van der Waals surface area contributed by atoms with Gasteiger partial charge in [0.2, 0.25) is 11.8 Å². The van der Waals surface area contributed by atoms with Gasteiger partial charge in [0.1, 0.15) is 11.8 Å². The van der Waals surface area contributed by atoms with Crippen LogP contribution in [-0.2, 0) is 22.4 Å². The monoisotopic (exact) mass is 340 g/mol. The Balaban J connectivity index is 2.04. The Morgan fingerprint density at radius 1 is 1.00 bits per heavy atom. The molecule has 5 heteroatoms. The predicted octanol–water partition coefficient (Wildman–Crippen LogP) is 2.05. The number of rotatable bonds is 7. The highest BCUT2D eigenvalue weighted by molar-refractivity contribution is 5.88. The Kier molecular flexibility index (Phi) is 6.57. The second-order valence-electron chi connectivity index (χ2n) is 6.07. The second-order valence-corrected chi connectivity index (χ2v) is 6.07. The van der Waals surface area contributed by atoms with Crippen LogP contribution in [-0.4, -0.2) is 44.0 Å². The number of nitrogens with zero attached hydrogens (tertiary/aromatic N) is 1. The zero-order chi connectivity index (χ0) is 18.2. The molecule has 25 heavy (non-hydrogen) atoms. The summed E-state index contributed by atoms with van der Waals surface area (Å²) in [6, 6.07) is 16.4. The summed E-state index contributed by atoms with van der Waals surface area (Å²) in [4.78, 5) is 26.3. The van der Waals surface area contributed by atoms with Crippen LogP contribution in [0.3, 0.4) is 0 Å². The maximum atomic E-state index is 12.4. The fourth-order valence-electron chi connectivity index (χ4n) is 2.54. The van der Waals surface area contributed by atoms with Crippen LogP contribution in [0.2, 0.25) is 0 Å². The van der Waals surface area contributed by atoms with Gasteiger partial charge in [-0.1, -0.05) is 42.5 Å². The van der Waals surface area contributed by atoms with Gasteiger partial charge < -0.3 is 15.0 Å². The Morgan fingerprint density at radius 2 is 1.64 bits per heavy atom. The first-order chi connectivity index (χ1) is 12.0. The molecular formula is C20H24N2O3. The number of carbonyl (C=O) groups excluding carboxylic acids is 2. The molecule has 0 heterocycles. The van der Waals surface area contributed by atoms with Gasteiger partial charge in [0.05, 0.1) is 13.5 Å². The maximum absolute atomic E-state index is 12.4. The lowest BCUT2D eigenvalue weighted by Crippen LogP contribution is -2.48. The standard InChI is InChI=1S/C20H24N2O3/c1-22(2)20(24)18(13-15-7-5-4-6-8-15)21-19(23)14-16-9-11-17(25-3)12-10-16/h4-12,18H,13-14H2,1-3H3,(H,21,23)/t18-/m1/s1. The van der Waals surface area contributed by atoms with Gasteiger partial charge in [0, 0.05) is 20.5 Å².